The molecule has 2 aromatic heterocycles. The summed E-state index contributed by atoms with van der Waals surface area (Å²) in [4.78, 5) is 47.7. The molecule has 10 rings (SSSR count). The summed E-state index contributed by atoms with van der Waals surface area (Å²) in [7, 11) is 0. The second-order valence-corrected chi connectivity index (χ2v) is 11.0. The zero-order valence-corrected chi connectivity index (χ0v) is 23.9. The highest BCUT2D eigenvalue weighted by atomic mass is 16.2. The molecular weight excluding hydrogens is 546 g/mol. The summed E-state index contributed by atoms with van der Waals surface area (Å²) in [5.74, 6) is -0.661. The monoisotopic (exact) mass is 569 g/mol. The third kappa shape index (κ3) is 2.85. The topological polar surface area (TPSA) is 71.7 Å². The highest BCUT2D eigenvalue weighted by molar-refractivity contribution is 6.43. The fourth-order valence-corrected chi connectivity index (χ4v) is 7.29. The third-order valence-electron chi connectivity index (χ3n) is 9.02. The Morgan fingerprint density at radius 1 is 0.500 bits per heavy atom. The Labute approximate surface area is 250 Å². The Hall–Kier alpha value is -5.88. The van der Waals surface area contributed by atoms with Crippen LogP contribution in [0.25, 0.3) is 70.5 Å². The van der Waals surface area contributed by atoms with Crippen LogP contribution in [-0.2, 0) is 0 Å². The van der Waals surface area contributed by atoms with Gasteiger partial charge in [-0.3, -0.25) is 18.8 Å². The molecule has 6 heteroatoms. The van der Waals surface area contributed by atoms with Crippen molar-refractivity contribution in [2.24, 2.45) is 0 Å². The summed E-state index contributed by atoms with van der Waals surface area (Å²) in [5, 5.41) is 8.86. The van der Waals surface area contributed by atoms with Gasteiger partial charge in [0.25, 0.3) is 17.4 Å². The highest BCUT2D eigenvalue weighted by Gasteiger charge is 2.35. The molecule has 44 heavy (non-hydrogen) atoms. The number of hydrogen-bond donors (Lipinski definition) is 0. The number of fused-ring (bicyclic) bond motifs is 6. The van der Waals surface area contributed by atoms with Crippen LogP contribution in [0, 0.1) is 0 Å². The van der Waals surface area contributed by atoms with Gasteiger partial charge in [0.15, 0.2) is 0 Å². The minimum Gasteiger partial charge on any atom is -0.268 e. The molecule has 2 amide bonds. The number of nitrogens with zero attached hydrogens (tertiary/aromatic N) is 3. The molecule has 0 unspecified atom stereocenters. The molecule has 0 bridgehead atoms. The number of imide groups is 1. The van der Waals surface area contributed by atoms with E-state index in [0.29, 0.717) is 33.2 Å². The minimum atomic E-state index is -0.331. The van der Waals surface area contributed by atoms with E-state index in [1.807, 2.05) is 98.8 Å². The van der Waals surface area contributed by atoms with Crippen molar-refractivity contribution in [3.05, 3.63) is 125 Å². The Morgan fingerprint density at radius 2 is 1.00 bits per heavy atom. The van der Waals surface area contributed by atoms with Crippen LogP contribution in [0.4, 0.5) is 5.69 Å². The Bertz CT molecular complexity index is 2680. The normalized spacial score (nSPS) is 13.4. The quantitative estimate of drug-likeness (QED) is 0.113. The van der Waals surface area contributed by atoms with Gasteiger partial charge in [0, 0.05) is 32.7 Å². The van der Waals surface area contributed by atoms with E-state index in [4.69, 9.17) is 4.98 Å². The van der Waals surface area contributed by atoms with Gasteiger partial charge in [-0.2, -0.15) is 0 Å². The van der Waals surface area contributed by atoms with E-state index in [-0.39, 0.29) is 17.4 Å². The summed E-state index contributed by atoms with van der Waals surface area (Å²) < 4.78 is 1.71. The summed E-state index contributed by atoms with van der Waals surface area (Å²) in [5.41, 5.74) is 3.68. The van der Waals surface area contributed by atoms with Crippen molar-refractivity contribution in [2.45, 2.75) is 13.8 Å². The minimum absolute atomic E-state index is 0.0943. The molecule has 7 aromatic carbocycles. The molecule has 1 aliphatic rings. The fourth-order valence-electron chi connectivity index (χ4n) is 7.29. The van der Waals surface area contributed by atoms with Gasteiger partial charge in [0.05, 0.1) is 16.7 Å². The fraction of sp³-hybridized carbons (Fsp3) is 0.0526. The van der Waals surface area contributed by atoms with Crippen LogP contribution in [0.5, 0.6) is 0 Å². The van der Waals surface area contributed by atoms with E-state index in [0.717, 1.165) is 54.1 Å². The maximum atomic E-state index is 13.9. The molecule has 0 fully saturated rings. The molecule has 6 nitrogen and oxygen atoms in total. The van der Waals surface area contributed by atoms with Crippen LogP contribution in [0.2, 0.25) is 0 Å². The van der Waals surface area contributed by atoms with Crippen LogP contribution in [0.1, 0.15) is 34.6 Å². The number of aromatic nitrogens is 2. The number of benzene rings is 7. The van der Waals surface area contributed by atoms with Gasteiger partial charge < -0.3 is 0 Å². The van der Waals surface area contributed by atoms with Crippen molar-refractivity contribution in [3.63, 3.8) is 0 Å². The molecule has 1 aliphatic heterocycles. The maximum Gasteiger partial charge on any atom is 0.265 e. The van der Waals surface area contributed by atoms with E-state index >= 15 is 0 Å². The Morgan fingerprint density at radius 3 is 1.66 bits per heavy atom. The second kappa shape index (κ2) is 8.58. The van der Waals surface area contributed by atoms with Gasteiger partial charge in [-0.15, -0.1) is 0 Å². The molecular formula is C38H23N3O3. The van der Waals surface area contributed by atoms with Crippen LogP contribution < -0.4 is 10.5 Å². The van der Waals surface area contributed by atoms with E-state index in [1.165, 1.54) is 4.90 Å². The van der Waals surface area contributed by atoms with Gasteiger partial charge in [0.2, 0.25) is 0 Å². The SMILES string of the molecule is CC.O=C1c2ccc3c4ccc5c(=O)n6c7ccccc7nc6c6ccc(c7ccc(c2c37)C(=O)N1c1ccccc1)c4c56. The Balaban J connectivity index is 0.00000133. The lowest BCUT2D eigenvalue weighted by molar-refractivity contribution is 0.0893. The van der Waals surface area contributed by atoms with Crippen molar-refractivity contribution in [3.8, 4) is 0 Å². The zero-order chi connectivity index (χ0) is 29.9. The van der Waals surface area contributed by atoms with E-state index < -0.39 is 0 Å². The van der Waals surface area contributed by atoms with Crippen LogP contribution in [-0.4, -0.2) is 21.2 Å². The van der Waals surface area contributed by atoms with E-state index in [2.05, 4.69) is 6.07 Å². The predicted molar refractivity (Wildman–Crippen MR) is 178 cm³/mol. The van der Waals surface area contributed by atoms with Gasteiger partial charge in [-0.25, -0.2) is 9.88 Å². The number of para-hydroxylation sites is 3. The molecule has 0 saturated heterocycles. The first-order chi connectivity index (χ1) is 21.6. The summed E-state index contributed by atoms with van der Waals surface area (Å²) in [6, 6.07) is 32.4. The second-order valence-electron chi connectivity index (χ2n) is 11.0. The molecule has 0 saturated carbocycles. The molecule has 0 atom stereocenters. The van der Waals surface area contributed by atoms with Crippen LogP contribution in [0.15, 0.2) is 108 Å². The van der Waals surface area contributed by atoms with Crippen molar-refractivity contribution in [1.82, 2.24) is 9.38 Å². The summed E-state index contributed by atoms with van der Waals surface area (Å²) >= 11 is 0. The lowest BCUT2D eigenvalue weighted by Crippen LogP contribution is -2.40. The number of hydrogen-bond acceptors (Lipinski definition) is 4. The number of amides is 2. The van der Waals surface area contributed by atoms with Crippen molar-refractivity contribution in [1.29, 1.82) is 0 Å². The first-order valence-electron chi connectivity index (χ1n) is 14.8. The van der Waals surface area contributed by atoms with Gasteiger partial charge in [0.1, 0.15) is 5.65 Å². The molecule has 3 heterocycles. The smallest absolute Gasteiger partial charge is 0.265 e. The number of carbonyl (C=O) groups is 2. The highest BCUT2D eigenvalue weighted by Crippen LogP contribution is 2.46. The van der Waals surface area contributed by atoms with Crippen molar-refractivity contribution >= 4 is 88.0 Å². The molecule has 0 N–H and O–H groups in total. The predicted octanol–water partition coefficient (Wildman–Crippen LogP) is 8.32. The average Bonchev–Trinajstić information content (AvgIpc) is 3.47. The molecule has 9 aromatic rings. The van der Waals surface area contributed by atoms with Gasteiger partial charge in [-0.05, 0) is 80.8 Å². The maximum absolute atomic E-state index is 13.9. The van der Waals surface area contributed by atoms with E-state index in [9.17, 15) is 14.4 Å². The van der Waals surface area contributed by atoms with Crippen LogP contribution >= 0.6 is 0 Å². The number of rotatable bonds is 1. The Kier molecular flexibility index (Phi) is 4.82. The summed E-state index contributed by atoms with van der Waals surface area (Å²) in [6.07, 6.45) is 0. The zero-order valence-electron chi connectivity index (χ0n) is 23.9. The van der Waals surface area contributed by atoms with Crippen molar-refractivity contribution < 1.29 is 9.59 Å². The lowest BCUT2D eigenvalue weighted by atomic mass is 9.84. The third-order valence-corrected chi connectivity index (χ3v) is 9.02. The van der Waals surface area contributed by atoms with Crippen LogP contribution in [0.3, 0.4) is 0 Å². The lowest BCUT2D eigenvalue weighted by Gasteiger charge is -2.28. The number of pyridine rings is 1. The first kappa shape index (κ1) is 24.7. The van der Waals surface area contributed by atoms with Crippen molar-refractivity contribution in [2.75, 3.05) is 4.90 Å². The summed E-state index contributed by atoms with van der Waals surface area (Å²) in [6.45, 7) is 4.00. The standard InChI is InChI=1S/C36H17N3O3.C2H6/c40-34-25-16-12-21-19-10-14-23-31-24(36(42)39-28-9-5-4-8-27(28)37-33(23)39)15-11-20(29(19)31)22-13-17-26(32(25)30(21)22)35(41)38(34)18-6-2-1-3-7-18;1-2/h1-17H;1-2H3. The van der Waals surface area contributed by atoms with Gasteiger partial charge in [-0.1, -0.05) is 68.4 Å². The number of imidazole rings is 1. The molecule has 208 valence electrons. The molecule has 0 spiro atoms. The number of anilines is 1. The average molecular weight is 570 g/mol. The molecule has 0 radical (unpaired) electrons. The molecule has 0 aliphatic carbocycles. The first-order valence-corrected chi connectivity index (χ1v) is 14.8. The van der Waals surface area contributed by atoms with Gasteiger partial charge >= 0.3 is 0 Å². The number of carbonyl (C=O) groups excluding carboxylic acids is 2. The van der Waals surface area contributed by atoms with E-state index in [1.54, 1.807) is 16.5 Å². The largest absolute Gasteiger partial charge is 0.268 e.